The van der Waals surface area contributed by atoms with Crippen LogP contribution >= 0.6 is 15.9 Å². The molecule has 6 heteroatoms. The second kappa shape index (κ2) is 5.79. The van der Waals surface area contributed by atoms with Crippen molar-refractivity contribution in [2.45, 2.75) is 25.7 Å². The fourth-order valence-electron chi connectivity index (χ4n) is 3.31. The number of aromatic hydroxyl groups is 1. The van der Waals surface area contributed by atoms with Crippen LogP contribution in [0, 0.1) is 12.8 Å². The van der Waals surface area contributed by atoms with Crippen LogP contribution in [0.4, 0.5) is 0 Å². The second-order valence-corrected chi connectivity index (χ2v) is 7.19. The van der Waals surface area contributed by atoms with Gasteiger partial charge in [-0.1, -0.05) is 33.6 Å². The van der Waals surface area contributed by atoms with Crippen LogP contribution in [0.15, 0.2) is 40.9 Å². The molecule has 4 rings (SSSR count). The van der Waals surface area contributed by atoms with Gasteiger partial charge < -0.3 is 15.2 Å². The Morgan fingerprint density at radius 1 is 1.25 bits per heavy atom. The highest BCUT2D eigenvalue weighted by Crippen LogP contribution is 2.35. The summed E-state index contributed by atoms with van der Waals surface area (Å²) in [5.74, 6) is 0.572. The Labute approximate surface area is 148 Å². The lowest BCUT2D eigenvalue weighted by molar-refractivity contribution is -0.135. The molecule has 0 radical (unpaired) electrons. The number of nitrogens with one attached hydrogen (secondary N) is 2. The van der Waals surface area contributed by atoms with E-state index in [0.717, 1.165) is 21.3 Å². The number of phenolic OH excluding ortho intramolecular Hbond substituents is 1. The zero-order valence-corrected chi connectivity index (χ0v) is 14.6. The summed E-state index contributed by atoms with van der Waals surface area (Å²) in [6, 6.07) is 11.1. The smallest absolute Gasteiger partial charge is 0.230 e. The lowest BCUT2D eigenvalue weighted by atomic mass is 9.90. The number of hydrogen-bond donors (Lipinski definition) is 3. The number of fused-ring (bicyclic) bond motifs is 2. The van der Waals surface area contributed by atoms with Crippen LogP contribution in [0.5, 0.6) is 11.5 Å². The molecule has 2 aromatic carbocycles. The molecule has 2 aromatic rings. The summed E-state index contributed by atoms with van der Waals surface area (Å²) in [5.41, 5.74) is 2.81. The molecule has 1 fully saturated rings. The summed E-state index contributed by atoms with van der Waals surface area (Å²) in [6.45, 7) is 2.03. The van der Waals surface area contributed by atoms with Gasteiger partial charge in [0.15, 0.2) is 6.23 Å². The van der Waals surface area contributed by atoms with Crippen molar-refractivity contribution in [3.05, 3.63) is 57.6 Å². The standard InChI is InChI=1S/C18H17BrN2O3/c1-9-2-5-15-10(6-9)7-13-17(23)20-16(21-18(13)24-15)12-8-11(19)3-4-14(12)22/h2-6,8,13,16,18,21-22H,7H2,1H3,(H,20,23). The van der Waals surface area contributed by atoms with Crippen molar-refractivity contribution in [3.8, 4) is 11.5 Å². The Morgan fingerprint density at radius 2 is 2.08 bits per heavy atom. The monoisotopic (exact) mass is 388 g/mol. The highest BCUT2D eigenvalue weighted by molar-refractivity contribution is 9.10. The van der Waals surface area contributed by atoms with Crippen LogP contribution < -0.4 is 15.4 Å². The second-order valence-electron chi connectivity index (χ2n) is 6.27. The van der Waals surface area contributed by atoms with Gasteiger partial charge >= 0.3 is 0 Å². The maximum absolute atomic E-state index is 12.6. The number of carbonyl (C=O) groups excluding carboxylic acids is 1. The van der Waals surface area contributed by atoms with E-state index in [0.29, 0.717) is 12.0 Å². The lowest BCUT2D eigenvalue weighted by Gasteiger charge is -2.40. The van der Waals surface area contributed by atoms with Crippen LogP contribution in [-0.2, 0) is 11.2 Å². The quantitative estimate of drug-likeness (QED) is 0.702. The molecule has 3 unspecified atom stereocenters. The first-order chi connectivity index (χ1) is 11.5. The van der Waals surface area contributed by atoms with Crippen LogP contribution in [0.3, 0.4) is 0 Å². The molecule has 0 spiro atoms. The largest absolute Gasteiger partial charge is 0.508 e. The normalized spacial score (nSPS) is 25.2. The van der Waals surface area contributed by atoms with Gasteiger partial charge in [0.1, 0.15) is 17.7 Å². The van der Waals surface area contributed by atoms with E-state index in [1.54, 1.807) is 18.2 Å². The van der Waals surface area contributed by atoms with E-state index in [9.17, 15) is 9.90 Å². The minimum atomic E-state index is -0.497. The number of aryl methyl sites for hydroxylation is 1. The number of ether oxygens (including phenoxy) is 1. The maximum atomic E-state index is 12.6. The molecule has 24 heavy (non-hydrogen) atoms. The van der Waals surface area contributed by atoms with Crippen LogP contribution in [0.25, 0.3) is 0 Å². The lowest BCUT2D eigenvalue weighted by Crippen LogP contribution is -2.60. The van der Waals surface area contributed by atoms with Crippen LogP contribution in [0.2, 0.25) is 0 Å². The van der Waals surface area contributed by atoms with E-state index in [4.69, 9.17) is 4.74 Å². The van der Waals surface area contributed by atoms with E-state index >= 15 is 0 Å². The number of amides is 1. The van der Waals surface area contributed by atoms with E-state index in [1.807, 2.05) is 19.1 Å². The molecule has 0 aromatic heterocycles. The Balaban J connectivity index is 1.64. The molecule has 0 saturated carbocycles. The summed E-state index contributed by atoms with van der Waals surface area (Å²) in [4.78, 5) is 12.6. The van der Waals surface area contributed by atoms with Crippen molar-refractivity contribution >= 4 is 21.8 Å². The molecule has 1 amide bonds. The summed E-state index contributed by atoms with van der Waals surface area (Å²) < 4.78 is 6.85. The summed E-state index contributed by atoms with van der Waals surface area (Å²) >= 11 is 3.39. The highest BCUT2D eigenvalue weighted by Gasteiger charge is 2.41. The van der Waals surface area contributed by atoms with Gasteiger partial charge in [-0.3, -0.25) is 10.1 Å². The number of benzene rings is 2. The number of rotatable bonds is 1. The summed E-state index contributed by atoms with van der Waals surface area (Å²) in [7, 11) is 0. The first-order valence-electron chi connectivity index (χ1n) is 7.82. The van der Waals surface area contributed by atoms with Crippen LogP contribution in [-0.4, -0.2) is 17.2 Å². The molecule has 1 saturated heterocycles. The fourth-order valence-corrected chi connectivity index (χ4v) is 3.68. The Kier molecular flexibility index (Phi) is 3.73. The summed E-state index contributed by atoms with van der Waals surface area (Å²) in [6.07, 6.45) is -0.280. The molecule has 3 N–H and O–H groups in total. The van der Waals surface area contributed by atoms with Gasteiger partial charge in [0.25, 0.3) is 0 Å². The minimum Gasteiger partial charge on any atom is -0.508 e. The number of halogens is 1. The number of hydrogen-bond acceptors (Lipinski definition) is 4. The molecule has 2 aliphatic heterocycles. The van der Waals surface area contributed by atoms with E-state index in [1.165, 1.54) is 0 Å². The van der Waals surface area contributed by atoms with E-state index in [2.05, 4.69) is 32.6 Å². The number of phenols is 1. The molecular weight excluding hydrogens is 372 g/mol. The SMILES string of the molecule is Cc1ccc2c(c1)CC1C(=O)NC(c3cc(Br)ccc3O)NC1O2. The van der Waals surface area contributed by atoms with Crippen molar-refractivity contribution in [1.82, 2.24) is 10.6 Å². The molecule has 124 valence electrons. The van der Waals surface area contributed by atoms with E-state index < -0.39 is 12.4 Å². The van der Waals surface area contributed by atoms with Gasteiger partial charge in [0.2, 0.25) is 5.91 Å². The fraction of sp³-hybridized carbons (Fsp3) is 0.278. The van der Waals surface area contributed by atoms with Gasteiger partial charge in [0.05, 0.1) is 5.92 Å². The van der Waals surface area contributed by atoms with Crippen molar-refractivity contribution < 1.29 is 14.6 Å². The maximum Gasteiger partial charge on any atom is 0.230 e. The third-order valence-corrected chi connectivity index (χ3v) is 5.02. The molecule has 2 aliphatic rings. The highest BCUT2D eigenvalue weighted by atomic mass is 79.9. The molecule has 0 aliphatic carbocycles. The topological polar surface area (TPSA) is 70.6 Å². The molecule has 0 bridgehead atoms. The average Bonchev–Trinajstić information content (AvgIpc) is 2.55. The van der Waals surface area contributed by atoms with Gasteiger partial charge in [-0.2, -0.15) is 0 Å². The van der Waals surface area contributed by atoms with Crippen molar-refractivity contribution in [1.29, 1.82) is 0 Å². The van der Waals surface area contributed by atoms with E-state index in [-0.39, 0.29) is 17.6 Å². The average molecular weight is 389 g/mol. The van der Waals surface area contributed by atoms with Crippen molar-refractivity contribution in [3.63, 3.8) is 0 Å². The zero-order valence-electron chi connectivity index (χ0n) is 13.0. The first-order valence-corrected chi connectivity index (χ1v) is 8.61. The van der Waals surface area contributed by atoms with Crippen LogP contribution in [0.1, 0.15) is 22.9 Å². The van der Waals surface area contributed by atoms with Gasteiger partial charge in [-0.05, 0) is 43.2 Å². The minimum absolute atomic E-state index is 0.0738. The first kappa shape index (κ1) is 15.5. The van der Waals surface area contributed by atoms with Crippen molar-refractivity contribution in [2.75, 3.05) is 0 Å². The Morgan fingerprint density at radius 3 is 2.92 bits per heavy atom. The van der Waals surface area contributed by atoms with Gasteiger partial charge in [-0.25, -0.2) is 0 Å². The van der Waals surface area contributed by atoms with Gasteiger partial charge in [-0.15, -0.1) is 0 Å². The zero-order chi connectivity index (χ0) is 16.8. The molecular formula is C18H17BrN2O3. The molecule has 3 atom stereocenters. The number of carbonyl (C=O) groups is 1. The predicted octanol–water partition coefficient (Wildman–Crippen LogP) is 2.76. The van der Waals surface area contributed by atoms with Gasteiger partial charge in [0, 0.05) is 10.0 Å². The molecule has 5 nitrogen and oxygen atoms in total. The molecule has 2 heterocycles. The Hall–Kier alpha value is -2.05. The Bertz CT molecular complexity index is 824. The third kappa shape index (κ3) is 2.65. The van der Waals surface area contributed by atoms with Crippen molar-refractivity contribution in [2.24, 2.45) is 5.92 Å². The summed E-state index contributed by atoms with van der Waals surface area (Å²) in [5, 5.41) is 16.3. The predicted molar refractivity (Wildman–Crippen MR) is 92.6 cm³/mol. The third-order valence-electron chi connectivity index (χ3n) is 4.53.